The van der Waals surface area contributed by atoms with Crippen molar-refractivity contribution in [2.24, 2.45) is 17.3 Å². The minimum Gasteiger partial charge on any atom is -0.498 e. The molecule has 0 aromatic carbocycles. The lowest BCUT2D eigenvalue weighted by Gasteiger charge is -2.63. The first kappa shape index (κ1) is 16.2. The van der Waals surface area contributed by atoms with Gasteiger partial charge >= 0.3 is 0 Å². The molecule has 3 saturated heterocycles. The molecule has 148 valence electrons. The molecule has 12 atom stereocenters. The number of fused-ring (bicyclic) bond motifs is 3. The fourth-order valence-electron chi connectivity index (χ4n) is 6.86. The molecule has 0 amide bonds. The average Bonchev–Trinajstić information content (AvgIpc) is 3.57. The van der Waals surface area contributed by atoms with Gasteiger partial charge in [-0.15, -0.1) is 0 Å². The first-order valence-electron chi connectivity index (χ1n) is 9.90. The number of hydrogen-bond acceptors (Lipinski definition) is 8. The van der Waals surface area contributed by atoms with Crippen molar-refractivity contribution < 1.29 is 38.7 Å². The topological polar surface area (TPSA) is 118 Å². The van der Waals surface area contributed by atoms with E-state index >= 15 is 0 Å². The fourth-order valence-corrected chi connectivity index (χ4v) is 6.86. The van der Waals surface area contributed by atoms with E-state index in [2.05, 4.69) is 0 Å². The molecule has 5 aliphatic heterocycles. The maximum atomic E-state index is 13.7. The second-order valence-corrected chi connectivity index (χ2v) is 9.09. The molecule has 8 rings (SSSR count). The number of Topliss-reactive ketones (excluding diaryl/α,β-unsaturated/α-hetero) is 2. The number of aliphatic hydroxyl groups excluding tert-OH is 2. The number of hydrogen-bond donors (Lipinski definition) is 2. The maximum Gasteiger partial charge on any atom is 0.190 e. The van der Waals surface area contributed by atoms with E-state index in [1.54, 1.807) is 0 Å². The van der Waals surface area contributed by atoms with Gasteiger partial charge in [0.25, 0.3) is 0 Å². The number of ether oxygens (including phenoxy) is 4. The maximum absolute atomic E-state index is 13.7. The average molecular weight is 388 g/mol. The SMILES string of the molecule is C[C@H]1O[C@@H]2C3=C(C(=O)[C@@H]4O[C@@H]4[C@H]3O)[C@H]1[C@@H]1[C@@H](C)OC=C3[C@H](O)C4OC4C(=O)[C@]312. The molecule has 2 unspecified atom stereocenters. The monoisotopic (exact) mass is 388 g/mol. The van der Waals surface area contributed by atoms with Gasteiger partial charge in [0.15, 0.2) is 11.6 Å². The Labute approximate surface area is 160 Å². The number of epoxide rings is 2. The molecule has 8 aliphatic rings. The smallest absolute Gasteiger partial charge is 0.190 e. The van der Waals surface area contributed by atoms with Crippen molar-refractivity contribution in [3.63, 3.8) is 0 Å². The third-order valence-electron chi connectivity index (χ3n) is 8.00. The summed E-state index contributed by atoms with van der Waals surface area (Å²) in [6.45, 7) is 3.77. The van der Waals surface area contributed by atoms with Crippen LogP contribution >= 0.6 is 0 Å². The third-order valence-corrected chi connectivity index (χ3v) is 8.00. The van der Waals surface area contributed by atoms with Gasteiger partial charge in [-0.1, -0.05) is 0 Å². The summed E-state index contributed by atoms with van der Waals surface area (Å²) in [5.74, 6) is -1.05. The predicted molar refractivity (Wildman–Crippen MR) is 88.8 cm³/mol. The van der Waals surface area contributed by atoms with Gasteiger partial charge in [0.1, 0.15) is 36.6 Å². The van der Waals surface area contributed by atoms with Crippen molar-refractivity contribution in [2.75, 3.05) is 0 Å². The Morgan fingerprint density at radius 2 is 1.68 bits per heavy atom. The lowest BCUT2D eigenvalue weighted by molar-refractivity contribution is -0.210. The van der Waals surface area contributed by atoms with Crippen LogP contribution in [0.4, 0.5) is 0 Å². The molecule has 3 aliphatic carbocycles. The number of carbonyl (C=O) groups excluding carboxylic acids is 2. The van der Waals surface area contributed by atoms with E-state index in [1.165, 1.54) is 6.26 Å². The quantitative estimate of drug-likeness (QED) is 0.509. The molecule has 28 heavy (non-hydrogen) atoms. The van der Waals surface area contributed by atoms with Crippen LogP contribution in [0, 0.1) is 17.3 Å². The van der Waals surface area contributed by atoms with Crippen LogP contribution in [-0.2, 0) is 28.5 Å². The number of rotatable bonds is 0. The highest BCUT2D eigenvalue weighted by molar-refractivity contribution is 6.06. The van der Waals surface area contributed by atoms with Gasteiger partial charge < -0.3 is 29.2 Å². The van der Waals surface area contributed by atoms with Gasteiger partial charge in [-0.05, 0) is 19.4 Å². The van der Waals surface area contributed by atoms with Crippen molar-refractivity contribution in [2.45, 2.75) is 68.8 Å². The highest BCUT2D eigenvalue weighted by Crippen LogP contribution is 2.67. The van der Waals surface area contributed by atoms with E-state index in [9.17, 15) is 19.8 Å². The molecule has 1 spiro atoms. The van der Waals surface area contributed by atoms with E-state index in [1.807, 2.05) is 13.8 Å². The molecular weight excluding hydrogens is 368 g/mol. The molecule has 1 saturated carbocycles. The van der Waals surface area contributed by atoms with E-state index in [-0.39, 0.29) is 29.7 Å². The fraction of sp³-hybridized carbons (Fsp3) is 0.700. The van der Waals surface area contributed by atoms with Crippen molar-refractivity contribution in [3.05, 3.63) is 23.0 Å². The zero-order chi connectivity index (χ0) is 19.3. The Hall–Kier alpha value is -1.58. The number of ketones is 2. The van der Waals surface area contributed by atoms with Crippen LogP contribution in [0.3, 0.4) is 0 Å². The van der Waals surface area contributed by atoms with Crippen LogP contribution in [0.25, 0.3) is 0 Å². The Kier molecular flexibility index (Phi) is 2.67. The minimum atomic E-state index is -1.19. The Balaban J connectivity index is 1.52. The Bertz CT molecular complexity index is 921. The number of carbonyl (C=O) groups is 2. The molecule has 2 N–H and O–H groups in total. The molecule has 2 bridgehead atoms. The third kappa shape index (κ3) is 1.47. The standard InChI is InChI=1S/C20H20O8/c1-4-7-8-9(13(23)16-15(27-16)12(8)22)19(26-4)20-6(3-25-5(2)10(7)20)11(21)14-17(28-14)18(20)24/h3-5,7,10-11,13-17,19,21,23H,1-2H3/t4-,5-,7+,10+,11+,13+,14?,15+,16-,17?,19-,20+/m1/s1. The van der Waals surface area contributed by atoms with Crippen LogP contribution in [0.2, 0.25) is 0 Å². The van der Waals surface area contributed by atoms with Crippen molar-refractivity contribution in [3.8, 4) is 0 Å². The molecule has 0 aromatic heterocycles. The van der Waals surface area contributed by atoms with Crippen molar-refractivity contribution in [1.29, 1.82) is 0 Å². The lowest BCUT2D eigenvalue weighted by atomic mass is 9.45. The molecular formula is C20H20O8. The van der Waals surface area contributed by atoms with Crippen LogP contribution in [-0.4, -0.2) is 76.7 Å². The molecule has 8 nitrogen and oxygen atoms in total. The second-order valence-electron chi connectivity index (χ2n) is 9.09. The van der Waals surface area contributed by atoms with Gasteiger partial charge in [-0.3, -0.25) is 9.59 Å². The Morgan fingerprint density at radius 3 is 2.46 bits per heavy atom. The molecule has 8 heteroatoms. The highest BCUT2D eigenvalue weighted by atomic mass is 16.6. The first-order chi connectivity index (χ1) is 13.4. The van der Waals surface area contributed by atoms with Crippen molar-refractivity contribution in [1.82, 2.24) is 0 Å². The molecule has 5 heterocycles. The van der Waals surface area contributed by atoms with Crippen LogP contribution in [0.15, 0.2) is 23.0 Å². The van der Waals surface area contributed by atoms with Crippen molar-refractivity contribution >= 4 is 11.6 Å². The first-order valence-corrected chi connectivity index (χ1v) is 9.90. The zero-order valence-electron chi connectivity index (χ0n) is 15.3. The summed E-state index contributed by atoms with van der Waals surface area (Å²) in [6.07, 6.45) is -4.40. The summed E-state index contributed by atoms with van der Waals surface area (Å²) in [6, 6.07) is 0. The van der Waals surface area contributed by atoms with Gasteiger partial charge in [-0.25, -0.2) is 0 Å². The summed E-state index contributed by atoms with van der Waals surface area (Å²) in [7, 11) is 0. The van der Waals surface area contributed by atoms with Crippen LogP contribution < -0.4 is 0 Å². The zero-order valence-corrected chi connectivity index (χ0v) is 15.3. The van der Waals surface area contributed by atoms with E-state index in [0.717, 1.165) is 0 Å². The largest absolute Gasteiger partial charge is 0.498 e. The summed E-state index contributed by atoms with van der Waals surface area (Å²) in [5.41, 5.74) is 0.269. The van der Waals surface area contributed by atoms with Gasteiger partial charge in [0, 0.05) is 23.0 Å². The molecule has 4 fully saturated rings. The van der Waals surface area contributed by atoms with E-state index in [4.69, 9.17) is 18.9 Å². The Morgan fingerprint density at radius 1 is 0.964 bits per heavy atom. The second kappa shape index (κ2) is 4.60. The molecule has 0 aromatic rings. The summed E-state index contributed by atoms with van der Waals surface area (Å²) < 4.78 is 23.1. The van der Waals surface area contributed by atoms with Gasteiger partial charge in [0.05, 0.1) is 30.0 Å². The van der Waals surface area contributed by atoms with Crippen LogP contribution in [0.5, 0.6) is 0 Å². The summed E-state index contributed by atoms with van der Waals surface area (Å²) in [5, 5.41) is 21.8. The lowest BCUT2D eigenvalue weighted by Crippen LogP contribution is -2.72. The number of aliphatic hydroxyl groups is 2. The van der Waals surface area contributed by atoms with Gasteiger partial charge in [-0.2, -0.15) is 0 Å². The van der Waals surface area contributed by atoms with Crippen LogP contribution in [0.1, 0.15) is 13.8 Å². The minimum absolute atomic E-state index is 0.113. The summed E-state index contributed by atoms with van der Waals surface area (Å²) >= 11 is 0. The predicted octanol–water partition coefficient (Wildman–Crippen LogP) is -0.973. The normalized spacial score (nSPS) is 60.0. The summed E-state index contributed by atoms with van der Waals surface area (Å²) in [4.78, 5) is 26.7. The van der Waals surface area contributed by atoms with Gasteiger partial charge in [0.2, 0.25) is 0 Å². The molecule has 0 radical (unpaired) electrons. The highest BCUT2D eigenvalue weighted by Gasteiger charge is 2.78. The van der Waals surface area contributed by atoms with E-state index in [0.29, 0.717) is 16.7 Å². The van der Waals surface area contributed by atoms with E-state index < -0.39 is 54.1 Å².